The molecule has 0 spiro atoms. The van der Waals surface area contributed by atoms with Gasteiger partial charge in [-0.15, -0.1) is 0 Å². The molecule has 0 bridgehead atoms. The van der Waals surface area contributed by atoms with Crippen molar-refractivity contribution in [1.29, 1.82) is 0 Å². The van der Waals surface area contributed by atoms with Crippen molar-refractivity contribution in [3.63, 3.8) is 0 Å². The molecule has 2 unspecified atom stereocenters. The molecule has 0 aromatic heterocycles. The predicted molar refractivity (Wildman–Crippen MR) is 165 cm³/mol. The molecule has 0 heterocycles. The molecule has 5 aromatic rings. The summed E-state index contributed by atoms with van der Waals surface area (Å²) in [5, 5.41) is 26.7. The fourth-order valence-electron chi connectivity index (χ4n) is 4.51. The van der Waals surface area contributed by atoms with E-state index in [1.165, 1.54) is 0 Å². The maximum Gasteiger partial charge on any atom is 0.0761 e. The summed E-state index contributed by atoms with van der Waals surface area (Å²) >= 11 is 0. The third kappa shape index (κ3) is 6.29. The summed E-state index contributed by atoms with van der Waals surface area (Å²) < 4.78 is 0. The number of aliphatic hydroxyl groups excluding tert-OH is 2. The van der Waals surface area contributed by atoms with E-state index in [1.807, 2.05) is 133 Å². The van der Waals surface area contributed by atoms with E-state index in [-0.39, 0.29) is 0 Å². The van der Waals surface area contributed by atoms with Gasteiger partial charge in [-0.2, -0.15) is 5.10 Å². The summed E-state index contributed by atoms with van der Waals surface area (Å²) in [4.78, 5) is 2.15. The SMILES string of the molecule is CC(O)c1ccc(N(c2ccc(C=NN(c3ccccc3)c3ccccc3)cc2)c2ccc(C(C)O)cc2)cc1. The van der Waals surface area contributed by atoms with Crippen LogP contribution in [0, 0.1) is 0 Å². The number of hydrogen-bond donors (Lipinski definition) is 2. The van der Waals surface area contributed by atoms with Crippen LogP contribution in [-0.4, -0.2) is 16.4 Å². The molecule has 0 aliphatic rings. The molecule has 0 aliphatic heterocycles. The zero-order chi connectivity index (χ0) is 27.9. The topological polar surface area (TPSA) is 59.3 Å². The molecule has 200 valence electrons. The van der Waals surface area contributed by atoms with E-state index in [9.17, 15) is 10.2 Å². The zero-order valence-corrected chi connectivity index (χ0v) is 22.7. The number of nitrogens with zero attached hydrogens (tertiary/aromatic N) is 3. The third-order valence-corrected chi connectivity index (χ3v) is 6.74. The molecule has 5 aromatic carbocycles. The Morgan fingerprint density at radius 3 is 1.25 bits per heavy atom. The number of benzene rings is 5. The minimum Gasteiger partial charge on any atom is -0.389 e. The van der Waals surface area contributed by atoms with Crippen molar-refractivity contribution < 1.29 is 10.2 Å². The molecule has 5 nitrogen and oxygen atoms in total. The van der Waals surface area contributed by atoms with Crippen molar-refractivity contribution in [3.05, 3.63) is 150 Å². The molecule has 5 rings (SSSR count). The molecule has 5 heteroatoms. The van der Waals surface area contributed by atoms with Crippen molar-refractivity contribution in [2.75, 3.05) is 9.91 Å². The number of hydrogen-bond acceptors (Lipinski definition) is 5. The number of rotatable bonds is 9. The fraction of sp³-hybridized carbons (Fsp3) is 0.114. The van der Waals surface area contributed by atoms with E-state index in [0.29, 0.717) is 0 Å². The summed E-state index contributed by atoms with van der Waals surface area (Å²) in [6.45, 7) is 3.52. The van der Waals surface area contributed by atoms with E-state index in [4.69, 9.17) is 5.10 Å². The Bertz CT molecular complexity index is 1420. The molecule has 40 heavy (non-hydrogen) atoms. The first kappa shape index (κ1) is 26.9. The van der Waals surface area contributed by atoms with Crippen LogP contribution >= 0.6 is 0 Å². The van der Waals surface area contributed by atoms with E-state index >= 15 is 0 Å². The summed E-state index contributed by atoms with van der Waals surface area (Å²) in [6, 6.07) is 44.2. The summed E-state index contributed by atoms with van der Waals surface area (Å²) in [7, 11) is 0. The van der Waals surface area contributed by atoms with Gasteiger partial charge in [-0.05, 0) is 91.2 Å². The van der Waals surface area contributed by atoms with E-state index in [1.54, 1.807) is 13.8 Å². The molecule has 0 amide bonds. The van der Waals surface area contributed by atoms with Gasteiger partial charge in [-0.1, -0.05) is 72.8 Å². The largest absolute Gasteiger partial charge is 0.389 e. The minimum atomic E-state index is -0.530. The van der Waals surface area contributed by atoms with Gasteiger partial charge in [0.1, 0.15) is 0 Å². The van der Waals surface area contributed by atoms with Crippen LogP contribution in [0.2, 0.25) is 0 Å². The zero-order valence-electron chi connectivity index (χ0n) is 22.7. The second kappa shape index (κ2) is 12.4. The van der Waals surface area contributed by atoms with Crippen LogP contribution in [0.3, 0.4) is 0 Å². The number of hydrazone groups is 1. The lowest BCUT2D eigenvalue weighted by Gasteiger charge is -2.26. The highest BCUT2D eigenvalue weighted by Gasteiger charge is 2.14. The van der Waals surface area contributed by atoms with Gasteiger partial charge in [0.05, 0.1) is 29.8 Å². The van der Waals surface area contributed by atoms with Gasteiger partial charge in [-0.3, -0.25) is 0 Å². The maximum atomic E-state index is 9.98. The van der Waals surface area contributed by atoms with Gasteiger partial charge < -0.3 is 15.1 Å². The Morgan fingerprint density at radius 1 is 0.500 bits per heavy atom. The van der Waals surface area contributed by atoms with Crippen molar-refractivity contribution in [3.8, 4) is 0 Å². The summed E-state index contributed by atoms with van der Waals surface area (Å²) in [5.74, 6) is 0. The number of para-hydroxylation sites is 2. The molecular weight excluding hydrogens is 494 g/mol. The van der Waals surface area contributed by atoms with Gasteiger partial charge in [0.2, 0.25) is 0 Å². The monoisotopic (exact) mass is 527 g/mol. The smallest absolute Gasteiger partial charge is 0.0761 e. The van der Waals surface area contributed by atoms with Crippen molar-refractivity contribution in [2.45, 2.75) is 26.1 Å². The van der Waals surface area contributed by atoms with Crippen LogP contribution in [0.15, 0.2) is 139 Å². The Balaban J connectivity index is 1.46. The van der Waals surface area contributed by atoms with Crippen molar-refractivity contribution >= 4 is 34.7 Å². The molecule has 0 radical (unpaired) electrons. The molecule has 0 saturated carbocycles. The average Bonchev–Trinajstić information content (AvgIpc) is 3.00. The summed E-state index contributed by atoms with van der Waals surface area (Å²) in [6.07, 6.45) is 0.804. The van der Waals surface area contributed by atoms with Crippen LogP contribution in [0.1, 0.15) is 42.7 Å². The summed E-state index contributed by atoms with van der Waals surface area (Å²) in [5.41, 5.74) is 7.57. The predicted octanol–water partition coefficient (Wildman–Crippen LogP) is 8.44. The van der Waals surface area contributed by atoms with Gasteiger partial charge in [0, 0.05) is 17.1 Å². The third-order valence-electron chi connectivity index (χ3n) is 6.74. The Morgan fingerprint density at radius 2 is 0.875 bits per heavy atom. The van der Waals surface area contributed by atoms with E-state index in [2.05, 4.69) is 17.0 Å². The second-order valence-electron chi connectivity index (χ2n) is 9.69. The molecule has 0 saturated heterocycles. The van der Waals surface area contributed by atoms with Crippen LogP contribution in [-0.2, 0) is 0 Å². The number of aliphatic hydroxyl groups is 2. The Kier molecular flexibility index (Phi) is 8.35. The molecular formula is C35H33N3O2. The number of anilines is 5. The minimum absolute atomic E-state index is 0.530. The van der Waals surface area contributed by atoms with Crippen LogP contribution in [0.4, 0.5) is 28.4 Å². The maximum absolute atomic E-state index is 9.98. The lowest BCUT2D eigenvalue weighted by molar-refractivity contribution is 0.199. The molecule has 2 atom stereocenters. The lowest BCUT2D eigenvalue weighted by atomic mass is 10.1. The van der Waals surface area contributed by atoms with E-state index in [0.717, 1.165) is 45.1 Å². The van der Waals surface area contributed by atoms with Crippen molar-refractivity contribution in [1.82, 2.24) is 0 Å². The van der Waals surface area contributed by atoms with Gasteiger partial charge in [0.15, 0.2) is 0 Å². The standard InChI is InChI=1S/C35H33N3O2/c1-26(39)29-15-21-32(22-16-29)37(33-23-17-30(18-24-33)27(2)40)31-19-13-28(14-20-31)25-36-38(34-9-5-3-6-10-34)35-11-7-4-8-12-35/h3-27,39-40H,1-2H3. The first-order valence-corrected chi connectivity index (χ1v) is 13.4. The molecule has 2 N–H and O–H groups in total. The first-order chi connectivity index (χ1) is 19.5. The lowest BCUT2D eigenvalue weighted by Crippen LogP contribution is -2.11. The van der Waals surface area contributed by atoms with Crippen LogP contribution in [0.25, 0.3) is 0 Å². The highest BCUT2D eigenvalue weighted by Crippen LogP contribution is 2.35. The first-order valence-electron chi connectivity index (χ1n) is 13.4. The molecule has 0 aliphatic carbocycles. The second-order valence-corrected chi connectivity index (χ2v) is 9.69. The normalized spacial score (nSPS) is 12.7. The van der Waals surface area contributed by atoms with Crippen LogP contribution < -0.4 is 9.91 Å². The van der Waals surface area contributed by atoms with Crippen molar-refractivity contribution in [2.24, 2.45) is 5.10 Å². The Hall–Kier alpha value is -4.71. The van der Waals surface area contributed by atoms with E-state index < -0.39 is 12.2 Å². The highest BCUT2D eigenvalue weighted by molar-refractivity contribution is 5.84. The molecule has 0 fully saturated rings. The van der Waals surface area contributed by atoms with Gasteiger partial charge in [-0.25, -0.2) is 5.01 Å². The quantitative estimate of drug-likeness (QED) is 0.149. The van der Waals surface area contributed by atoms with Gasteiger partial charge >= 0.3 is 0 Å². The fourth-order valence-corrected chi connectivity index (χ4v) is 4.51. The van der Waals surface area contributed by atoms with Gasteiger partial charge in [0.25, 0.3) is 0 Å². The Labute approximate surface area is 235 Å². The van der Waals surface area contributed by atoms with Crippen LogP contribution in [0.5, 0.6) is 0 Å². The average molecular weight is 528 g/mol. The highest BCUT2D eigenvalue weighted by atomic mass is 16.3.